The minimum Gasteiger partial charge on any atom is -0.481 e. The number of ether oxygens (including phenoxy) is 1. The van der Waals surface area contributed by atoms with Crippen molar-refractivity contribution >= 4 is 5.91 Å². The smallest absolute Gasteiger partial charge is 0.261 e. The number of nitrogens with one attached hydrogen (secondary N) is 2. The first kappa shape index (κ1) is 13.1. The molecule has 0 bridgehead atoms. The number of hydrogen-bond donors (Lipinski definition) is 2. The van der Waals surface area contributed by atoms with Crippen molar-refractivity contribution in [2.75, 3.05) is 0 Å². The first-order valence-corrected chi connectivity index (χ1v) is 5.83. The van der Waals surface area contributed by atoms with E-state index in [1.165, 1.54) is 18.2 Å². The van der Waals surface area contributed by atoms with Gasteiger partial charge >= 0.3 is 0 Å². The molecule has 0 aliphatic heterocycles. The van der Waals surface area contributed by atoms with Crippen LogP contribution in [0.15, 0.2) is 36.5 Å². The summed E-state index contributed by atoms with van der Waals surface area (Å²) in [7, 11) is 0. The van der Waals surface area contributed by atoms with Gasteiger partial charge in [0.2, 0.25) is 0 Å². The van der Waals surface area contributed by atoms with E-state index in [1.807, 2.05) is 0 Å². The van der Waals surface area contributed by atoms with Crippen LogP contribution in [0.3, 0.4) is 0 Å². The van der Waals surface area contributed by atoms with E-state index in [9.17, 15) is 9.18 Å². The first-order chi connectivity index (χ1) is 9.15. The Bertz CT molecular complexity index is 543. The molecule has 0 saturated heterocycles. The summed E-state index contributed by atoms with van der Waals surface area (Å²) in [5.41, 5.74) is 0.798. The van der Waals surface area contributed by atoms with Gasteiger partial charge in [0.15, 0.2) is 6.10 Å². The third kappa shape index (κ3) is 3.80. The maximum Gasteiger partial charge on any atom is 0.261 e. The van der Waals surface area contributed by atoms with Crippen LogP contribution in [0.5, 0.6) is 5.75 Å². The van der Waals surface area contributed by atoms with E-state index in [-0.39, 0.29) is 5.91 Å². The molecule has 5 nitrogen and oxygen atoms in total. The Morgan fingerprint density at radius 3 is 3.05 bits per heavy atom. The van der Waals surface area contributed by atoms with Crippen LogP contribution >= 0.6 is 0 Å². The summed E-state index contributed by atoms with van der Waals surface area (Å²) >= 11 is 0. The quantitative estimate of drug-likeness (QED) is 0.861. The van der Waals surface area contributed by atoms with Crippen LogP contribution in [0, 0.1) is 5.82 Å². The van der Waals surface area contributed by atoms with Crippen molar-refractivity contribution in [2.45, 2.75) is 19.6 Å². The van der Waals surface area contributed by atoms with E-state index in [0.29, 0.717) is 12.3 Å². The summed E-state index contributed by atoms with van der Waals surface area (Å²) in [4.78, 5) is 11.8. The Morgan fingerprint density at radius 2 is 2.37 bits per heavy atom. The maximum absolute atomic E-state index is 13.0. The Labute approximate surface area is 109 Å². The number of aromatic amines is 1. The maximum atomic E-state index is 13.0. The zero-order valence-electron chi connectivity index (χ0n) is 10.4. The fourth-order valence-electron chi connectivity index (χ4n) is 1.51. The average Bonchev–Trinajstić information content (AvgIpc) is 2.89. The molecule has 19 heavy (non-hydrogen) atoms. The van der Waals surface area contributed by atoms with E-state index in [4.69, 9.17) is 4.74 Å². The van der Waals surface area contributed by atoms with Gasteiger partial charge in [-0.1, -0.05) is 6.07 Å². The lowest BCUT2D eigenvalue weighted by atomic mass is 10.3. The average molecular weight is 263 g/mol. The van der Waals surface area contributed by atoms with Gasteiger partial charge in [0.05, 0.1) is 12.2 Å². The molecular weight excluding hydrogens is 249 g/mol. The van der Waals surface area contributed by atoms with Gasteiger partial charge in [-0.15, -0.1) is 0 Å². The second-order valence-corrected chi connectivity index (χ2v) is 4.02. The van der Waals surface area contributed by atoms with Crippen molar-refractivity contribution in [1.29, 1.82) is 0 Å². The van der Waals surface area contributed by atoms with Crippen LogP contribution in [-0.2, 0) is 11.3 Å². The highest BCUT2D eigenvalue weighted by atomic mass is 19.1. The molecule has 0 aliphatic rings. The number of hydrogen-bond acceptors (Lipinski definition) is 3. The molecule has 100 valence electrons. The number of H-pyrrole nitrogens is 1. The highest BCUT2D eigenvalue weighted by molar-refractivity contribution is 5.80. The molecule has 1 atom stereocenters. The molecule has 1 unspecified atom stereocenters. The summed E-state index contributed by atoms with van der Waals surface area (Å²) in [5, 5.41) is 9.20. The minimum atomic E-state index is -0.704. The summed E-state index contributed by atoms with van der Waals surface area (Å²) in [6.07, 6.45) is 0.901. The number of halogens is 1. The van der Waals surface area contributed by atoms with Crippen molar-refractivity contribution in [3.8, 4) is 5.75 Å². The highest BCUT2D eigenvalue weighted by Crippen LogP contribution is 2.13. The normalized spacial score (nSPS) is 11.9. The molecule has 1 aromatic heterocycles. The second-order valence-electron chi connectivity index (χ2n) is 4.02. The molecule has 1 aromatic carbocycles. The van der Waals surface area contributed by atoms with E-state index in [1.54, 1.807) is 25.3 Å². The van der Waals surface area contributed by atoms with Gasteiger partial charge in [0, 0.05) is 12.3 Å². The first-order valence-electron chi connectivity index (χ1n) is 5.83. The van der Waals surface area contributed by atoms with Crippen molar-refractivity contribution in [2.24, 2.45) is 0 Å². The van der Waals surface area contributed by atoms with E-state index in [2.05, 4.69) is 15.5 Å². The molecule has 0 saturated carbocycles. The Hall–Kier alpha value is -2.37. The van der Waals surface area contributed by atoms with Gasteiger partial charge < -0.3 is 10.1 Å². The molecule has 1 heterocycles. The monoisotopic (exact) mass is 263 g/mol. The third-order valence-corrected chi connectivity index (χ3v) is 2.49. The van der Waals surface area contributed by atoms with Crippen molar-refractivity contribution in [3.63, 3.8) is 0 Å². The summed E-state index contributed by atoms with van der Waals surface area (Å²) in [6.45, 7) is 1.95. The van der Waals surface area contributed by atoms with Gasteiger partial charge in [-0.05, 0) is 25.1 Å². The Kier molecular flexibility index (Phi) is 4.12. The predicted molar refractivity (Wildman–Crippen MR) is 66.9 cm³/mol. The second kappa shape index (κ2) is 5.99. The van der Waals surface area contributed by atoms with Gasteiger partial charge in [-0.2, -0.15) is 5.10 Å². The Balaban J connectivity index is 1.85. The van der Waals surface area contributed by atoms with Gasteiger partial charge in [0.25, 0.3) is 5.91 Å². The number of nitrogens with zero attached hydrogens (tertiary/aromatic N) is 1. The number of carbonyl (C=O) groups excluding carboxylic acids is 1. The molecule has 2 rings (SSSR count). The predicted octanol–water partition coefficient (Wildman–Crippen LogP) is 1.63. The lowest BCUT2D eigenvalue weighted by Crippen LogP contribution is -2.36. The Morgan fingerprint density at radius 1 is 1.53 bits per heavy atom. The van der Waals surface area contributed by atoms with Crippen LogP contribution in [0.25, 0.3) is 0 Å². The molecule has 6 heteroatoms. The molecule has 0 fully saturated rings. The standard InChI is InChI=1S/C13H14FN3O2/c1-9(19-12-4-2-3-10(14)7-12)13(18)15-8-11-5-6-16-17-11/h2-7,9H,8H2,1H3,(H,15,18)(H,16,17). The van der Waals surface area contributed by atoms with Crippen LogP contribution in [0.1, 0.15) is 12.6 Å². The summed E-state index contributed by atoms with van der Waals surface area (Å²) in [6, 6.07) is 7.44. The molecular formula is C13H14FN3O2. The van der Waals surface area contributed by atoms with E-state index < -0.39 is 11.9 Å². The number of carbonyl (C=O) groups is 1. The number of aromatic nitrogens is 2. The van der Waals surface area contributed by atoms with Crippen LogP contribution in [0.2, 0.25) is 0 Å². The van der Waals surface area contributed by atoms with Gasteiger partial charge in [-0.25, -0.2) is 4.39 Å². The lowest BCUT2D eigenvalue weighted by Gasteiger charge is -2.14. The van der Waals surface area contributed by atoms with Crippen LogP contribution < -0.4 is 10.1 Å². The van der Waals surface area contributed by atoms with Crippen molar-refractivity contribution in [3.05, 3.63) is 48.0 Å². The number of amides is 1. The zero-order chi connectivity index (χ0) is 13.7. The topological polar surface area (TPSA) is 67.0 Å². The van der Waals surface area contributed by atoms with Crippen molar-refractivity contribution < 1.29 is 13.9 Å². The fraction of sp³-hybridized carbons (Fsp3) is 0.231. The van der Waals surface area contributed by atoms with E-state index in [0.717, 1.165) is 5.69 Å². The third-order valence-electron chi connectivity index (χ3n) is 2.49. The van der Waals surface area contributed by atoms with Gasteiger partial charge in [-0.3, -0.25) is 9.89 Å². The van der Waals surface area contributed by atoms with E-state index >= 15 is 0 Å². The molecule has 2 aromatic rings. The van der Waals surface area contributed by atoms with Crippen LogP contribution in [0.4, 0.5) is 4.39 Å². The lowest BCUT2D eigenvalue weighted by molar-refractivity contribution is -0.127. The van der Waals surface area contributed by atoms with Crippen LogP contribution in [-0.4, -0.2) is 22.2 Å². The largest absolute Gasteiger partial charge is 0.481 e. The fourth-order valence-corrected chi connectivity index (χ4v) is 1.51. The molecule has 0 radical (unpaired) electrons. The number of benzene rings is 1. The summed E-state index contributed by atoms with van der Waals surface area (Å²) < 4.78 is 18.3. The molecule has 1 amide bonds. The zero-order valence-corrected chi connectivity index (χ0v) is 10.4. The molecule has 0 aliphatic carbocycles. The number of rotatable bonds is 5. The SMILES string of the molecule is CC(Oc1cccc(F)c1)C(=O)NCc1ccn[nH]1. The minimum absolute atomic E-state index is 0.279. The van der Waals surface area contributed by atoms with Gasteiger partial charge in [0.1, 0.15) is 11.6 Å². The molecule has 2 N–H and O–H groups in total. The molecule has 0 spiro atoms. The summed E-state index contributed by atoms with van der Waals surface area (Å²) in [5.74, 6) is -0.356. The highest BCUT2D eigenvalue weighted by Gasteiger charge is 2.14. The van der Waals surface area contributed by atoms with Crippen molar-refractivity contribution in [1.82, 2.24) is 15.5 Å².